The monoisotopic (exact) mass is 541 g/mol. The smallest absolute Gasteiger partial charge is 0.251 e. The van der Waals surface area contributed by atoms with Crippen LogP contribution in [0.2, 0.25) is 0 Å². The number of aliphatic hydroxyl groups is 1. The van der Waals surface area contributed by atoms with Gasteiger partial charge in [-0.05, 0) is 66.1 Å². The van der Waals surface area contributed by atoms with Crippen molar-refractivity contribution in [2.45, 2.75) is 70.7 Å². The van der Waals surface area contributed by atoms with Crippen molar-refractivity contribution in [1.29, 1.82) is 0 Å². The van der Waals surface area contributed by atoms with Crippen LogP contribution < -0.4 is 15.4 Å². The molecule has 0 radical (unpaired) electrons. The molecule has 3 aromatic carbocycles. The number of rotatable bonds is 15. The summed E-state index contributed by atoms with van der Waals surface area (Å²) >= 11 is 0. The summed E-state index contributed by atoms with van der Waals surface area (Å²) in [7, 11) is 1.65. The number of methoxy groups -OCH3 is 1. The van der Waals surface area contributed by atoms with E-state index >= 15 is 0 Å². The first kappa shape index (κ1) is 29.4. The third kappa shape index (κ3) is 7.74. The molecule has 1 aromatic heterocycles. The van der Waals surface area contributed by atoms with Crippen LogP contribution in [0.4, 0.5) is 0 Å². The molecule has 40 heavy (non-hydrogen) atoms. The van der Waals surface area contributed by atoms with Gasteiger partial charge in [-0.1, -0.05) is 75.2 Å². The van der Waals surface area contributed by atoms with E-state index in [0.717, 1.165) is 53.5 Å². The molecule has 1 heterocycles. The Kier molecular flexibility index (Phi) is 10.8. The maximum absolute atomic E-state index is 13.5. The number of fused-ring (bicyclic) bond motifs is 1. The Morgan fingerprint density at radius 2 is 1.68 bits per heavy atom. The van der Waals surface area contributed by atoms with Gasteiger partial charge in [-0.3, -0.25) is 4.79 Å². The van der Waals surface area contributed by atoms with E-state index in [-0.39, 0.29) is 5.91 Å². The van der Waals surface area contributed by atoms with E-state index in [2.05, 4.69) is 41.3 Å². The molecule has 6 nitrogen and oxygen atoms in total. The predicted octanol–water partition coefficient (Wildman–Crippen LogP) is 6.28. The molecule has 4 aromatic rings. The Morgan fingerprint density at radius 1 is 0.925 bits per heavy atom. The second-order valence-electron chi connectivity index (χ2n) is 10.5. The standard InChI is InChI=1S/C34H43N3O3/c1-4-10-29(11-5-2)37-19-18-27-16-17-28(22-32(27)37)34(39)36-31(21-25-12-7-6-8-13-25)33(38)24-35-23-26-14-9-15-30(20-26)40-3/h6-9,12-20,22,29,31,33,35,38H,4-5,10-11,21,23-24H2,1-3H3,(H,36,39)/t31-,33+/m0/s1. The molecule has 0 aliphatic rings. The van der Waals surface area contributed by atoms with Gasteiger partial charge in [0.05, 0.1) is 19.3 Å². The van der Waals surface area contributed by atoms with Gasteiger partial charge < -0.3 is 25.0 Å². The fourth-order valence-electron chi connectivity index (χ4n) is 5.39. The Hall–Kier alpha value is -3.61. The highest BCUT2D eigenvalue weighted by molar-refractivity contribution is 5.98. The number of carbonyl (C=O) groups is 1. The molecular weight excluding hydrogens is 498 g/mol. The average molecular weight is 542 g/mol. The number of aromatic nitrogens is 1. The third-order valence-corrected chi connectivity index (χ3v) is 7.52. The van der Waals surface area contributed by atoms with E-state index in [1.54, 1.807) is 7.11 Å². The molecule has 3 N–H and O–H groups in total. The lowest BCUT2D eigenvalue weighted by molar-refractivity contribution is 0.0830. The lowest BCUT2D eigenvalue weighted by atomic mass is 10.00. The van der Waals surface area contributed by atoms with E-state index in [1.807, 2.05) is 72.8 Å². The predicted molar refractivity (Wildman–Crippen MR) is 163 cm³/mol. The molecule has 0 saturated heterocycles. The highest BCUT2D eigenvalue weighted by Gasteiger charge is 2.23. The van der Waals surface area contributed by atoms with Crippen molar-refractivity contribution in [3.63, 3.8) is 0 Å². The quantitative estimate of drug-likeness (QED) is 0.166. The molecule has 1 amide bonds. The minimum absolute atomic E-state index is 0.176. The number of hydrogen-bond acceptors (Lipinski definition) is 4. The molecule has 6 heteroatoms. The molecular formula is C34H43N3O3. The molecule has 0 unspecified atom stereocenters. The first-order valence-electron chi connectivity index (χ1n) is 14.5. The van der Waals surface area contributed by atoms with Gasteiger partial charge in [0, 0.05) is 36.4 Å². The summed E-state index contributed by atoms with van der Waals surface area (Å²) in [4.78, 5) is 13.5. The first-order valence-corrected chi connectivity index (χ1v) is 14.5. The van der Waals surface area contributed by atoms with Crippen molar-refractivity contribution < 1.29 is 14.6 Å². The van der Waals surface area contributed by atoms with Crippen LogP contribution >= 0.6 is 0 Å². The van der Waals surface area contributed by atoms with Crippen LogP contribution in [-0.4, -0.2) is 41.4 Å². The fraction of sp³-hybridized carbons (Fsp3) is 0.382. The number of nitrogens with one attached hydrogen (secondary N) is 2. The third-order valence-electron chi connectivity index (χ3n) is 7.52. The summed E-state index contributed by atoms with van der Waals surface area (Å²) in [5.41, 5.74) is 3.82. The Labute approximate surface area is 238 Å². The molecule has 0 aliphatic carbocycles. The zero-order chi connectivity index (χ0) is 28.3. The summed E-state index contributed by atoms with van der Waals surface area (Å²) in [6.45, 7) is 5.37. The maximum Gasteiger partial charge on any atom is 0.251 e. The highest BCUT2D eigenvalue weighted by Crippen LogP contribution is 2.27. The lowest BCUT2D eigenvalue weighted by Crippen LogP contribution is -2.48. The molecule has 0 aliphatic heterocycles. The molecule has 0 fully saturated rings. The summed E-state index contributed by atoms with van der Waals surface area (Å²) in [6, 6.07) is 25.8. The minimum atomic E-state index is -0.777. The van der Waals surface area contributed by atoms with Crippen molar-refractivity contribution in [1.82, 2.24) is 15.2 Å². The summed E-state index contributed by atoms with van der Waals surface area (Å²) in [6.07, 6.45) is 6.37. The number of aliphatic hydroxyl groups excluding tert-OH is 1. The van der Waals surface area contributed by atoms with E-state index in [0.29, 0.717) is 31.1 Å². The van der Waals surface area contributed by atoms with E-state index in [1.165, 1.54) is 0 Å². The van der Waals surface area contributed by atoms with Crippen molar-refractivity contribution >= 4 is 16.8 Å². The van der Waals surface area contributed by atoms with Crippen LogP contribution in [0.5, 0.6) is 5.75 Å². The van der Waals surface area contributed by atoms with Crippen molar-refractivity contribution in [2.24, 2.45) is 0 Å². The number of ether oxygens (including phenoxy) is 1. The van der Waals surface area contributed by atoms with Crippen LogP contribution in [0.25, 0.3) is 10.9 Å². The highest BCUT2D eigenvalue weighted by atomic mass is 16.5. The lowest BCUT2D eigenvalue weighted by Gasteiger charge is -2.25. The second kappa shape index (κ2) is 14.7. The van der Waals surface area contributed by atoms with Gasteiger partial charge in [0.25, 0.3) is 5.91 Å². The summed E-state index contributed by atoms with van der Waals surface area (Å²) in [5, 5.41) is 18.8. The number of benzene rings is 3. The number of hydrogen-bond donors (Lipinski definition) is 3. The zero-order valence-corrected chi connectivity index (χ0v) is 24.0. The second-order valence-corrected chi connectivity index (χ2v) is 10.5. The molecule has 2 atom stereocenters. The van der Waals surface area contributed by atoms with E-state index in [4.69, 9.17) is 4.74 Å². The largest absolute Gasteiger partial charge is 0.497 e. The average Bonchev–Trinajstić information content (AvgIpc) is 3.40. The first-order chi connectivity index (χ1) is 19.5. The van der Waals surface area contributed by atoms with Crippen molar-refractivity contribution in [3.8, 4) is 5.75 Å². The van der Waals surface area contributed by atoms with Gasteiger partial charge in [0.1, 0.15) is 5.75 Å². The van der Waals surface area contributed by atoms with Crippen LogP contribution in [0.3, 0.4) is 0 Å². The minimum Gasteiger partial charge on any atom is -0.497 e. The van der Waals surface area contributed by atoms with Gasteiger partial charge in [0.2, 0.25) is 0 Å². The van der Waals surface area contributed by atoms with Gasteiger partial charge in [-0.2, -0.15) is 0 Å². The van der Waals surface area contributed by atoms with Crippen molar-refractivity contribution in [3.05, 3.63) is 102 Å². The molecule has 0 spiro atoms. The Morgan fingerprint density at radius 3 is 2.40 bits per heavy atom. The van der Waals surface area contributed by atoms with Crippen LogP contribution in [0.15, 0.2) is 85.1 Å². The topological polar surface area (TPSA) is 75.5 Å². The van der Waals surface area contributed by atoms with Crippen LogP contribution in [0.1, 0.15) is 67.1 Å². The van der Waals surface area contributed by atoms with E-state index < -0.39 is 12.1 Å². The van der Waals surface area contributed by atoms with Gasteiger partial charge in [-0.25, -0.2) is 0 Å². The summed E-state index contributed by atoms with van der Waals surface area (Å²) < 4.78 is 7.64. The SMILES string of the molecule is CCCC(CCC)n1ccc2ccc(C(=O)N[C@@H](Cc3ccccc3)[C@H](O)CNCc3cccc(OC)c3)cc21. The molecule has 212 valence electrons. The van der Waals surface area contributed by atoms with Gasteiger partial charge in [-0.15, -0.1) is 0 Å². The van der Waals surface area contributed by atoms with Gasteiger partial charge >= 0.3 is 0 Å². The Bertz CT molecular complexity index is 1350. The molecule has 4 rings (SSSR count). The van der Waals surface area contributed by atoms with E-state index in [9.17, 15) is 9.90 Å². The van der Waals surface area contributed by atoms with Crippen molar-refractivity contribution in [2.75, 3.05) is 13.7 Å². The number of amides is 1. The molecule has 0 bridgehead atoms. The van der Waals surface area contributed by atoms with Crippen LogP contribution in [0, 0.1) is 0 Å². The van der Waals surface area contributed by atoms with Crippen LogP contribution in [-0.2, 0) is 13.0 Å². The normalized spacial score (nSPS) is 12.9. The number of nitrogens with zero attached hydrogens (tertiary/aromatic N) is 1. The summed E-state index contributed by atoms with van der Waals surface area (Å²) in [5.74, 6) is 0.623. The Balaban J connectivity index is 1.49. The fourth-order valence-corrected chi connectivity index (χ4v) is 5.39. The maximum atomic E-state index is 13.5. The molecule has 0 saturated carbocycles. The zero-order valence-electron chi connectivity index (χ0n) is 24.0. The van der Waals surface area contributed by atoms with Gasteiger partial charge in [0.15, 0.2) is 0 Å². The number of carbonyl (C=O) groups excluding carboxylic acids is 1.